The maximum atomic E-state index is 11.0. The van der Waals surface area contributed by atoms with Crippen molar-refractivity contribution in [1.29, 1.82) is 0 Å². The fraction of sp³-hybridized carbons (Fsp3) is 1.00. The Balaban J connectivity index is 5.94. The van der Waals surface area contributed by atoms with E-state index in [1.165, 1.54) is 0 Å². The second-order valence-electron chi connectivity index (χ2n) is 3.45. The van der Waals surface area contributed by atoms with Crippen LogP contribution in [0.4, 0.5) is 0 Å². The van der Waals surface area contributed by atoms with Gasteiger partial charge in [-0.2, -0.15) is 0 Å². The third-order valence-corrected chi connectivity index (χ3v) is 9.10. The van der Waals surface area contributed by atoms with Gasteiger partial charge in [0.1, 0.15) is 0 Å². The molecule has 0 aliphatic heterocycles. The maximum absolute atomic E-state index is 11.0. The summed E-state index contributed by atoms with van der Waals surface area (Å²) in [5.41, 5.74) is -2.18. The van der Waals surface area contributed by atoms with Crippen molar-refractivity contribution < 1.29 is 43.1 Å². The predicted molar refractivity (Wildman–Crippen MR) is 54.0 cm³/mol. The maximum Gasteiger partial charge on any atom is 0.344 e. The van der Waals surface area contributed by atoms with Crippen molar-refractivity contribution in [2.24, 2.45) is 0 Å². The summed E-state index contributed by atoms with van der Waals surface area (Å²) in [5.74, 6) is 0. The summed E-state index contributed by atoms with van der Waals surface area (Å²) in [5, 5.41) is 0. The summed E-state index contributed by atoms with van der Waals surface area (Å²) >= 11 is 0. The van der Waals surface area contributed by atoms with E-state index in [1.807, 2.05) is 0 Å². The minimum absolute atomic E-state index is 0.457. The quantitative estimate of drug-likeness (QED) is 0.378. The van der Waals surface area contributed by atoms with Crippen LogP contribution >= 0.6 is 22.8 Å². The molecule has 0 rings (SSSR count). The first-order chi connectivity index (χ1) is 6.65. The summed E-state index contributed by atoms with van der Waals surface area (Å²) in [6, 6.07) is 0. The van der Waals surface area contributed by atoms with Gasteiger partial charge in [-0.05, 0) is 13.8 Å². The zero-order valence-electron chi connectivity index (χ0n) is 8.33. The van der Waals surface area contributed by atoms with E-state index in [-0.39, 0.29) is 0 Å². The fourth-order valence-corrected chi connectivity index (χ4v) is 5.75. The van der Waals surface area contributed by atoms with Crippen LogP contribution in [0.1, 0.15) is 13.8 Å². The van der Waals surface area contributed by atoms with Crippen LogP contribution in [0.5, 0.6) is 0 Å². The molecule has 6 N–H and O–H groups in total. The lowest BCUT2D eigenvalue weighted by molar-refractivity contribution is 0.293. The molecule has 0 spiro atoms. The van der Waals surface area contributed by atoms with Gasteiger partial charge in [0.25, 0.3) is 0 Å². The molecule has 9 nitrogen and oxygen atoms in total. The Morgan fingerprint density at radius 2 is 1.12 bits per heavy atom. The SMILES string of the molecule is CC(C(C)(P(=O)(O)O)P(=O)(O)O)P(=O)(O)O. The van der Waals surface area contributed by atoms with Gasteiger partial charge in [-0.15, -0.1) is 0 Å². The topological polar surface area (TPSA) is 173 Å². The fourth-order valence-electron chi connectivity index (χ4n) is 0.975. The van der Waals surface area contributed by atoms with Gasteiger partial charge >= 0.3 is 22.8 Å². The molecule has 16 heavy (non-hydrogen) atoms. The molecule has 0 aromatic carbocycles. The van der Waals surface area contributed by atoms with Crippen LogP contribution in [0.2, 0.25) is 0 Å². The first-order valence-corrected chi connectivity index (χ1v) is 8.73. The average Bonchev–Trinajstić information content (AvgIpc) is 1.95. The lowest BCUT2D eigenvalue weighted by Gasteiger charge is -2.35. The molecule has 98 valence electrons. The van der Waals surface area contributed by atoms with E-state index in [4.69, 9.17) is 29.4 Å². The molecular formula is C4H13O9P3. The molecule has 1 unspecified atom stereocenters. The van der Waals surface area contributed by atoms with Gasteiger partial charge in [-0.1, -0.05) is 0 Å². The third kappa shape index (κ3) is 2.82. The van der Waals surface area contributed by atoms with Crippen molar-refractivity contribution in [3.8, 4) is 0 Å². The van der Waals surface area contributed by atoms with E-state index >= 15 is 0 Å². The van der Waals surface area contributed by atoms with Crippen molar-refractivity contribution in [2.45, 2.75) is 24.4 Å². The molecule has 0 aliphatic carbocycles. The first kappa shape index (κ1) is 16.4. The van der Waals surface area contributed by atoms with Gasteiger partial charge in [0.15, 0.2) is 4.90 Å². The lowest BCUT2D eigenvalue weighted by Crippen LogP contribution is -2.37. The molecule has 0 heterocycles. The summed E-state index contributed by atoms with van der Waals surface area (Å²) in [4.78, 5) is 50.0. The molecule has 0 radical (unpaired) electrons. The molecule has 0 saturated carbocycles. The summed E-state index contributed by atoms with van der Waals surface area (Å²) < 4.78 is 33.0. The minimum atomic E-state index is -5.42. The van der Waals surface area contributed by atoms with Crippen LogP contribution in [0.15, 0.2) is 0 Å². The molecule has 0 saturated heterocycles. The normalized spacial score (nSPS) is 17.2. The van der Waals surface area contributed by atoms with Crippen LogP contribution in [0, 0.1) is 0 Å². The second kappa shape index (κ2) is 4.28. The van der Waals surface area contributed by atoms with Crippen molar-refractivity contribution in [3.63, 3.8) is 0 Å². The van der Waals surface area contributed by atoms with Gasteiger partial charge in [0.2, 0.25) is 0 Å². The van der Waals surface area contributed by atoms with E-state index in [1.54, 1.807) is 0 Å². The van der Waals surface area contributed by atoms with Gasteiger partial charge in [-0.3, -0.25) is 13.7 Å². The van der Waals surface area contributed by atoms with Crippen molar-refractivity contribution >= 4 is 22.8 Å². The summed E-state index contributed by atoms with van der Waals surface area (Å²) in [7, 11) is -15.9. The smallest absolute Gasteiger partial charge is 0.324 e. The number of rotatable bonds is 4. The first-order valence-electron chi connectivity index (χ1n) is 3.82. The van der Waals surface area contributed by atoms with Crippen LogP contribution in [-0.2, 0) is 13.7 Å². The van der Waals surface area contributed by atoms with Crippen LogP contribution in [-0.4, -0.2) is 39.9 Å². The monoisotopic (exact) mass is 298 g/mol. The molecule has 0 fully saturated rings. The largest absolute Gasteiger partial charge is 0.344 e. The molecule has 0 aromatic rings. The zero-order chi connectivity index (χ0) is 13.6. The van der Waals surface area contributed by atoms with Crippen molar-refractivity contribution in [3.05, 3.63) is 0 Å². The highest BCUT2D eigenvalue weighted by Gasteiger charge is 2.64. The van der Waals surface area contributed by atoms with Gasteiger partial charge in [-0.25, -0.2) is 0 Å². The highest BCUT2D eigenvalue weighted by atomic mass is 31.2. The molecule has 0 aliphatic rings. The van der Waals surface area contributed by atoms with E-state index in [0.29, 0.717) is 13.8 Å². The molecule has 0 amide bonds. The highest BCUT2D eigenvalue weighted by Crippen LogP contribution is 2.74. The minimum Gasteiger partial charge on any atom is -0.324 e. The second-order valence-corrected chi connectivity index (χ2v) is 9.79. The molecular weight excluding hydrogens is 285 g/mol. The lowest BCUT2D eigenvalue weighted by atomic mass is 10.3. The third-order valence-electron chi connectivity index (χ3n) is 2.48. The Bertz CT molecular complexity index is 375. The van der Waals surface area contributed by atoms with Crippen molar-refractivity contribution in [1.82, 2.24) is 0 Å². The van der Waals surface area contributed by atoms with Crippen LogP contribution in [0.3, 0.4) is 0 Å². The van der Waals surface area contributed by atoms with Gasteiger partial charge < -0.3 is 29.4 Å². The van der Waals surface area contributed by atoms with Crippen LogP contribution < -0.4 is 0 Å². The van der Waals surface area contributed by atoms with E-state index in [9.17, 15) is 13.7 Å². The molecule has 1 atom stereocenters. The highest BCUT2D eigenvalue weighted by molar-refractivity contribution is 7.74. The standard InChI is InChI=1S/C4H13O9P3/c1-3(14(5,6)7)4(2,15(8,9)10)16(11,12)13/h3H,1-2H3,(H2,5,6,7)(H2,8,9,10)(H2,11,12,13). The summed E-state index contributed by atoms with van der Waals surface area (Å²) in [6.07, 6.45) is 0. The Labute approximate surface area is 91.0 Å². The van der Waals surface area contributed by atoms with Gasteiger partial charge in [0.05, 0.1) is 5.66 Å². The molecule has 0 bridgehead atoms. The van der Waals surface area contributed by atoms with E-state index in [0.717, 1.165) is 0 Å². The Morgan fingerprint density at radius 3 is 1.19 bits per heavy atom. The van der Waals surface area contributed by atoms with Crippen LogP contribution in [0.25, 0.3) is 0 Å². The summed E-state index contributed by atoms with van der Waals surface area (Å²) in [6.45, 7) is 1.14. The average molecular weight is 298 g/mol. The van der Waals surface area contributed by atoms with E-state index < -0.39 is 33.3 Å². The number of hydrogen-bond donors (Lipinski definition) is 6. The Kier molecular flexibility index (Phi) is 4.40. The Morgan fingerprint density at radius 1 is 0.875 bits per heavy atom. The molecule has 0 aromatic heterocycles. The predicted octanol–water partition coefficient (Wildman–Crippen LogP) is -0.376. The zero-order valence-corrected chi connectivity index (χ0v) is 11.0. The Hall–Kier alpha value is 0.450. The number of hydrogen-bond acceptors (Lipinski definition) is 3. The molecule has 12 heteroatoms. The van der Waals surface area contributed by atoms with E-state index in [2.05, 4.69) is 0 Å². The van der Waals surface area contributed by atoms with Crippen molar-refractivity contribution in [2.75, 3.05) is 0 Å². The van der Waals surface area contributed by atoms with Gasteiger partial charge in [0, 0.05) is 0 Å².